The van der Waals surface area contributed by atoms with Crippen LogP contribution in [0.3, 0.4) is 0 Å². The summed E-state index contributed by atoms with van der Waals surface area (Å²) in [5, 5.41) is 43.5. The number of carbonyl (C=O) groups excluding carboxylic acids is 4. The van der Waals surface area contributed by atoms with Gasteiger partial charge in [-0.15, -0.1) is 5.92 Å². The molecule has 590 valence electrons. The Balaban J connectivity index is 0.000000129. The normalized spacial score (nSPS) is 21.3. The van der Waals surface area contributed by atoms with Gasteiger partial charge in [0, 0.05) is 79.9 Å². The Kier molecular flexibility index (Phi) is 22.5. The highest BCUT2D eigenvalue weighted by Crippen LogP contribution is 2.55. The van der Waals surface area contributed by atoms with Crippen molar-refractivity contribution in [3.05, 3.63) is 282 Å². The van der Waals surface area contributed by atoms with Crippen molar-refractivity contribution in [2.24, 2.45) is 11.5 Å². The Bertz CT molecular complexity index is 6290. The van der Waals surface area contributed by atoms with E-state index in [4.69, 9.17) is 42.9 Å². The summed E-state index contributed by atoms with van der Waals surface area (Å²) in [6, 6.07) is 63.1. The minimum Gasteiger partial charge on any atom is -0.394 e. The lowest BCUT2D eigenvalue weighted by Gasteiger charge is -2.55. The van der Waals surface area contributed by atoms with Crippen LogP contribution in [0.5, 0.6) is 0 Å². The van der Waals surface area contributed by atoms with Gasteiger partial charge in [-0.1, -0.05) is 234 Å². The molecule has 0 radical (unpaired) electrons. The van der Waals surface area contributed by atoms with Crippen LogP contribution in [0, 0.1) is 11.8 Å². The first-order valence-electron chi connectivity index (χ1n) is 37.3. The van der Waals surface area contributed by atoms with Crippen molar-refractivity contribution < 1.29 is 34.5 Å². The fraction of sp³-hybridized carbons (Fsp3) is 0.222. The fourth-order valence-corrected chi connectivity index (χ4v) is 16.4. The number of benzene rings is 7. The van der Waals surface area contributed by atoms with Crippen molar-refractivity contribution in [2.75, 3.05) is 15.9 Å². The Morgan fingerprint density at radius 2 is 0.821 bits per heavy atom. The number of nitrogens with two attached hydrogens (primary N) is 4. The van der Waals surface area contributed by atoms with E-state index in [0.29, 0.717) is 87.4 Å². The van der Waals surface area contributed by atoms with Crippen LogP contribution in [0.2, 0.25) is 0 Å². The second-order valence-corrected chi connectivity index (χ2v) is 33.9. The summed E-state index contributed by atoms with van der Waals surface area (Å²) < 4.78 is 6.19. The molecule has 1 unspecified atom stereocenters. The van der Waals surface area contributed by atoms with E-state index >= 15 is 0 Å². The molecule has 0 saturated heterocycles. The van der Waals surface area contributed by atoms with E-state index in [2.05, 4.69) is 94.2 Å². The van der Waals surface area contributed by atoms with Crippen LogP contribution in [0.1, 0.15) is 139 Å². The second-order valence-electron chi connectivity index (χ2n) is 30.8. The average Bonchev–Trinajstić information content (AvgIpc) is 1.62. The Morgan fingerprint density at radius 1 is 0.470 bits per heavy atom. The van der Waals surface area contributed by atoms with E-state index in [-0.39, 0.29) is 29.3 Å². The number of imide groups is 1. The molecule has 11 N–H and O–H groups in total. The summed E-state index contributed by atoms with van der Waals surface area (Å²) >= 11 is 4.70. The Labute approximate surface area is 701 Å². The van der Waals surface area contributed by atoms with Gasteiger partial charge in [0.25, 0.3) is 11.8 Å². The van der Waals surface area contributed by atoms with Crippen molar-refractivity contribution in [1.82, 2.24) is 68.6 Å². The molecule has 7 aromatic carbocycles. The van der Waals surface area contributed by atoms with Crippen LogP contribution in [-0.4, -0.2) is 132 Å². The SMILES string of the molecule is C.CC#CC(C)(I)CI.CC1(O)CC(N)(c2ccc(-c3nc4c(cnc5ccnn54)nc3-c3ccccc3)cc2)C1.CC1(O)CC(N)(c2ccc(-c3nc4cnc5ccnn5c4nc3-c3ccccc3)cc2)C1.CC1(O)CC(c2ccc(C(=O)C(=O)c3ccccc3)cc2)(N2C(=O)c3ccccc3C2=O)C1.Nc1cnc2ccnn2c1N. The number of fused-ring (bicyclic) bond motifs is 8. The third kappa shape index (κ3) is 16.4. The largest absolute Gasteiger partial charge is 0.394 e. The van der Waals surface area contributed by atoms with Crippen molar-refractivity contribution in [1.29, 1.82) is 0 Å². The smallest absolute Gasteiger partial charge is 0.262 e. The highest BCUT2D eigenvalue weighted by atomic mass is 127. The first-order chi connectivity index (χ1) is 55.5. The molecule has 15 aromatic rings. The summed E-state index contributed by atoms with van der Waals surface area (Å²) in [6.07, 6.45) is 12.6. The van der Waals surface area contributed by atoms with E-state index in [1.807, 2.05) is 142 Å². The lowest BCUT2D eigenvalue weighted by molar-refractivity contribution is -0.118. The number of rotatable bonds is 12. The molecular weight excluding hydrogens is 1700 g/mol. The molecule has 8 aromatic heterocycles. The molecule has 0 bridgehead atoms. The third-order valence-electron chi connectivity index (χ3n) is 21.1. The quantitative estimate of drug-likeness (QED) is 0.0149. The number of hydrogen-bond donors (Lipinski definition) is 7. The van der Waals surface area contributed by atoms with Crippen molar-refractivity contribution in [3.8, 4) is 56.9 Å². The summed E-state index contributed by atoms with van der Waals surface area (Å²) in [6.45, 7) is 9.33. The Morgan fingerprint density at radius 3 is 1.21 bits per heavy atom. The maximum absolute atomic E-state index is 13.2. The zero-order valence-electron chi connectivity index (χ0n) is 63.8. The molecule has 3 aliphatic carbocycles. The first-order valence-corrected chi connectivity index (χ1v) is 39.9. The van der Waals surface area contributed by atoms with Crippen molar-refractivity contribution >= 4 is 119 Å². The van der Waals surface area contributed by atoms with E-state index in [1.54, 1.807) is 120 Å². The first kappa shape index (κ1) is 81.5. The van der Waals surface area contributed by atoms with Gasteiger partial charge in [-0.25, -0.2) is 34.9 Å². The number of aromatic nitrogens is 13. The highest BCUT2D eigenvalue weighted by Gasteiger charge is 2.61. The minimum absolute atomic E-state index is 0. The monoisotopic (exact) mass is 1780 g/mol. The summed E-state index contributed by atoms with van der Waals surface area (Å²) in [7, 11) is 0. The predicted molar refractivity (Wildman–Crippen MR) is 469 cm³/mol. The van der Waals surface area contributed by atoms with Gasteiger partial charge in [0.15, 0.2) is 34.1 Å². The lowest BCUT2D eigenvalue weighted by atomic mass is 9.61. The number of aliphatic hydroxyl groups is 3. The second kappa shape index (κ2) is 32.2. The van der Waals surface area contributed by atoms with E-state index in [0.717, 1.165) is 71.9 Å². The fourth-order valence-electron chi connectivity index (χ4n) is 15.9. The molecule has 3 saturated carbocycles. The van der Waals surface area contributed by atoms with E-state index < -0.39 is 56.8 Å². The zero-order valence-corrected chi connectivity index (χ0v) is 68.2. The average molecular weight is 1780 g/mol. The standard InChI is InChI=1S/C27H21NO5.2C25H22N6O.C6H8I2.C6H7N5.CH4/c1-26(33)15-27(16-26,28-24(31)20-9-5-6-10-21(20)25(28)32)19-13-11-18(12-14-19)23(30)22(29)17-7-3-2-4-8-17;1-24(32)14-25(26,15-24)18-9-7-17(8-10-18)21-22(16-5-3-2-4-6-16)30-23-19(29-21)13-27-20-11-12-28-31(20)23;1-24(32)14-25(26,15-24)18-9-7-17(8-10-18)22-21(16-5-3-2-4-6-16)29-19-13-27-20-11-12-28-31(20)23(19)30-22;1-3-4-6(2,8)5-7;7-4-3-9-5-1-2-10-11(5)6(4)8;/h2-14,33H,15-16H2,1H3;2*2-13,32H,14-15,26H2,1H3;5H2,1-2H3;1-3H,7-8H2;1H4. The van der Waals surface area contributed by atoms with Gasteiger partial charge in [0.1, 0.15) is 11.0 Å². The predicted octanol–water partition coefficient (Wildman–Crippen LogP) is 14.4. The van der Waals surface area contributed by atoms with E-state index in [1.165, 1.54) is 27.7 Å². The maximum Gasteiger partial charge on any atom is 0.262 e. The summed E-state index contributed by atoms with van der Waals surface area (Å²) in [4.78, 5) is 85.5. The maximum atomic E-state index is 13.2. The molecule has 27 heteroatoms. The molecule has 19 rings (SSSR count). The van der Waals surface area contributed by atoms with Gasteiger partial charge < -0.3 is 38.3 Å². The van der Waals surface area contributed by atoms with E-state index in [9.17, 15) is 34.5 Å². The number of Topliss-reactive ketones (excluding diaryl/α,β-unsaturated/α-hetero) is 2. The van der Waals surface area contributed by atoms with Gasteiger partial charge in [-0.05, 0) is 89.1 Å². The van der Waals surface area contributed by atoms with Crippen LogP contribution in [0.25, 0.3) is 84.3 Å². The van der Waals surface area contributed by atoms with Crippen LogP contribution >= 0.6 is 45.2 Å². The molecule has 0 spiro atoms. The number of carbonyl (C=O) groups is 4. The highest BCUT2D eigenvalue weighted by molar-refractivity contribution is 14.1. The molecule has 25 nitrogen and oxygen atoms in total. The zero-order chi connectivity index (χ0) is 81.7. The summed E-state index contributed by atoms with van der Waals surface area (Å²) in [5.74, 6) is 4.39. The number of nitrogen functional groups attached to an aromatic ring is 2. The number of nitrogens with zero attached hydrogens (tertiary/aromatic N) is 14. The number of amides is 2. The van der Waals surface area contributed by atoms with Crippen LogP contribution in [-0.2, 0) is 16.6 Å². The van der Waals surface area contributed by atoms with Gasteiger partial charge >= 0.3 is 0 Å². The molecule has 117 heavy (non-hydrogen) atoms. The number of alkyl halides is 2. The molecule has 9 heterocycles. The van der Waals surface area contributed by atoms with Gasteiger partial charge in [-0.3, -0.25) is 24.1 Å². The molecular formula is C90H84I2N18O7. The van der Waals surface area contributed by atoms with Crippen molar-refractivity contribution in [3.63, 3.8) is 0 Å². The Hall–Kier alpha value is -12.0. The van der Waals surface area contributed by atoms with Gasteiger partial charge in [-0.2, -0.15) is 28.8 Å². The summed E-state index contributed by atoms with van der Waals surface area (Å²) in [5.41, 5.74) is 35.8. The minimum atomic E-state index is -1.03. The van der Waals surface area contributed by atoms with Gasteiger partial charge in [0.2, 0.25) is 11.6 Å². The molecule has 2 amide bonds. The molecule has 1 atom stereocenters. The molecule has 3 fully saturated rings. The molecule has 1 aliphatic heterocycles. The number of anilines is 2. The topological polar surface area (TPSA) is 378 Å². The van der Waals surface area contributed by atoms with Crippen LogP contribution in [0.4, 0.5) is 11.5 Å². The number of ketones is 2. The van der Waals surface area contributed by atoms with Crippen molar-refractivity contribution in [2.45, 2.75) is 117 Å². The van der Waals surface area contributed by atoms with Crippen LogP contribution in [0.15, 0.2) is 243 Å². The van der Waals surface area contributed by atoms with Crippen LogP contribution < -0.4 is 22.9 Å². The van der Waals surface area contributed by atoms with Gasteiger partial charge in [0.05, 0.1) is 103 Å². The number of hydrogen-bond acceptors (Lipinski definition) is 21. The third-order valence-corrected chi connectivity index (χ3v) is 24.7. The molecule has 4 aliphatic rings. The number of halogens is 2. The lowest BCUT2D eigenvalue weighted by Crippen LogP contribution is -2.63.